The molecular formula is C12H21NO. The van der Waals surface area contributed by atoms with Gasteiger partial charge in [0, 0.05) is 0 Å². The van der Waals surface area contributed by atoms with Crippen LogP contribution >= 0.6 is 0 Å². The lowest BCUT2D eigenvalue weighted by Gasteiger charge is -2.18. The lowest BCUT2D eigenvalue weighted by molar-refractivity contribution is 0.183. The van der Waals surface area contributed by atoms with Crippen LogP contribution in [0.1, 0.15) is 26.2 Å². The summed E-state index contributed by atoms with van der Waals surface area (Å²) in [5.74, 6) is 2.58. The summed E-state index contributed by atoms with van der Waals surface area (Å²) in [6, 6.07) is 0. The van der Waals surface area contributed by atoms with E-state index >= 15 is 0 Å². The molecule has 0 aromatic carbocycles. The third-order valence-corrected chi connectivity index (χ3v) is 3.56. The Labute approximate surface area is 86.4 Å². The van der Waals surface area contributed by atoms with Crippen LogP contribution in [-0.2, 0) is 0 Å². The number of hydrogen-bond acceptors (Lipinski definition) is 2. The quantitative estimate of drug-likeness (QED) is 0.515. The minimum absolute atomic E-state index is 0.164. The molecule has 0 unspecified atom stereocenters. The van der Waals surface area contributed by atoms with Gasteiger partial charge in [-0.15, -0.1) is 0 Å². The van der Waals surface area contributed by atoms with Crippen LogP contribution in [0.5, 0.6) is 0 Å². The van der Waals surface area contributed by atoms with Crippen molar-refractivity contribution in [2.75, 3.05) is 13.1 Å². The van der Waals surface area contributed by atoms with Crippen LogP contribution < -0.4 is 5.32 Å². The Bertz CT molecular complexity index is 212. The molecule has 14 heavy (non-hydrogen) atoms. The molecular weight excluding hydrogens is 174 g/mol. The average molecular weight is 195 g/mol. The summed E-state index contributed by atoms with van der Waals surface area (Å²) < 4.78 is 0. The van der Waals surface area contributed by atoms with Gasteiger partial charge in [0.05, 0.1) is 6.10 Å². The van der Waals surface area contributed by atoms with E-state index < -0.39 is 0 Å². The predicted octanol–water partition coefficient (Wildman–Crippen LogP) is 1.56. The Morgan fingerprint density at radius 2 is 2.29 bits per heavy atom. The van der Waals surface area contributed by atoms with Crippen LogP contribution in [0.15, 0.2) is 12.2 Å². The first-order valence-corrected chi connectivity index (χ1v) is 5.83. The summed E-state index contributed by atoms with van der Waals surface area (Å²) in [4.78, 5) is 0. The fourth-order valence-electron chi connectivity index (χ4n) is 2.73. The van der Waals surface area contributed by atoms with Gasteiger partial charge in [0.15, 0.2) is 0 Å². The van der Waals surface area contributed by atoms with Crippen molar-refractivity contribution in [3.63, 3.8) is 0 Å². The zero-order chi connectivity index (χ0) is 9.97. The summed E-state index contributed by atoms with van der Waals surface area (Å²) in [5.41, 5.74) is 0. The Morgan fingerprint density at radius 3 is 2.86 bits per heavy atom. The maximum Gasteiger partial charge on any atom is 0.0524 e. The van der Waals surface area contributed by atoms with Gasteiger partial charge in [-0.05, 0) is 57.0 Å². The molecule has 2 N–H and O–H groups in total. The summed E-state index contributed by atoms with van der Waals surface area (Å²) in [6.07, 6.45) is 8.26. The maximum atomic E-state index is 9.10. The van der Waals surface area contributed by atoms with Gasteiger partial charge in [0.1, 0.15) is 0 Å². The van der Waals surface area contributed by atoms with Gasteiger partial charge in [-0.2, -0.15) is 0 Å². The molecule has 2 nitrogen and oxygen atoms in total. The first-order chi connectivity index (χ1) is 6.75. The van der Waals surface area contributed by atoms with Gasteiger partial charge in [-0.3, -0.25) is 0 Å². The highest BCUT2D eigenvalue weighted by Gasteiger charge is 2.34. The van der Waals surface area contributed by atoms with Gasteiger partial charge in [-0.25, -0.2) is 0 Å². The second-order valence-electron chi connectivity index (χ2n) is 4.88. The molecule has 0 spiro atoms. The molecule has 2 rings (SSSR count). The molecule has 2 aliphatic carbocycles. The van der Waals surface area contributed by atoms with Crippen molar-refractivity contribution in [3.8, 4) is 0 Å². The molecule has 2 bridgehead atoms. The molecule has 0 amide bonds. The van der Waals surface area contributed by atoms with Crippen LogP contribution in [0, 0.1) is 17.8 Å². The minimum atomic E-state index is -0.164. The van der Waals surface area contributed by atoms with Crippen molar-refractivity contribution in [1.29, 1.82) is 0 Å². The lowest BCUT2D eigenvalue weighted by atomic mass is 9.93. The normalized spacial score (nSPS) is 36.6. The topological polar surface area (TPSA) is 32.3 Å². The van der Waals surface area contributed by atoms with E-state index in [4.69, 9.17) is 5.11 Å². The molecule has 1 fully saturated rings. The third kappa shape index (κ3) is 2.37. The van der Waals surface area contributed by atoms with Crippen molar-refractivity contribution in [1.82, 2.24) is 5.32 Å². The van der Waals surface area contributed by atoms with Crippen molar-refractivity contribution < 1.29 is 5.11 Å². The summed E-state index contributed by atoms with van der Waals surface area (Å²) >= 11 is 0. The third-order valence-electron chi connectivity index (χ3n) is 3.56. The van der Waals surface area contributed by atoms with Crippen molar-refractivity contribution in [2.24, 2.45) is 17.8 Å². The first-order valence-electron chi connectivity index (χ1n) is 5.83. The van der Waals surface area contributed by atoms with Gasteiger partial charge in [-0.1, -0.05) is 12.2 Å². The second kappa shape index (κ2) is 4.45. The molecule has 0 saturated heterocycles. The lowest BCUT2D eigenvalue weighted by Crippen LogP contribution is -2.27. The molecule has 80 valence electrons. The van der Waals surface area contributed by atoms with Crippen LogP contribution in [0.3, 0.4) is 0 Å². The molecule has 0 aromatic rings. The van der Waals surface area contributed by atoms with Crippen molar-refractivity contribution in [3.05, 3.63) is 12.2 Å². The standard InChI is InChI=1S/C12H21NO/c1-9(14)4-5-13-8-12-7-10-2-3-11(12)6-10/h2-3,9-14H,4-8H2,1H3/t9-,10-,11-,12-/m0/s1. The number of allylic oxidation sites excluding steroid dienone is 2. The second-order valence-corrected chi connectivity index (χ2v) is 4.88. The fourth-order valence-corrected chi connectivity index (χ4v) is 2.73. The van der Waals surface area contributed by atoms with E-state index in [1.165, 1.54) is 12.8 Å². The summed E-state index contributed by atoms with van der Waals surface area (Å²) in [6.45, 7) is 3.94. The van der Waals surface area contributed by atoms with Crippen LogP contribution in [0.4, 0.5) is 0 Å². The molecule has 1 saturated carbocycles. The SMILES string of the molecule is C[C@H](O)CCNC[C@@H]1C[C@H]2C=C[C@H]1C2. The van der Waals surface area contributed by atoms with E-state index in [2.05, 4.69) is 17.5 Å². The highest BCUT2D eigenvalue weighted by Crippen LogP contribution is 2.42. The Balaban J connectivity index is 1.61. The van der Waals surface area contributed by atoms with Crippen molar-refractivity contribution in [2.45, 2.75) is 32.3 Å². The van der Waals surface area contributed by atoms with E-state index in [9.17, 15) is 0 Å². The smallest absolute Gasteiger partial charge is 0.0524 e. The average Bonchev–Trinajstić information content (AvgIpc) is 2.73. The van der Waals surface area contributed by atoms with E-state index in [0.717, 1.165) is 37.3 Å². The first kappa shape index (κ1) is 10.2. The molecule has 0 radical (unpaired) electrons. The van der Waals surface area contributed by atoms with Crippen LogP contribution in [0.25, 0.3) is 0 Å². The fraction of sp³-hybridized carbons (Fsp3) is 0.833. The molecule has 2 aliphatic rings. The highest BCUT2D eigenvalue weighted by molar-refractivity contribution is 5.10. The number of nitrogens with one attached hydrogen (secondary N) is 1. The monoisotopic (exact) mass is 195 g/mol. The molecule has 0 heterocycles. The van der Waals surface area contributed by atoms with Gasteiger partial charge < -0.3 is 10.4 Å². The van der Waals surface area contributed by atoms with E-state index in [1.807, 2.05) is 6.92 Å². The highest BCUT2D eigenvalue weighted by atomic mass is 16.3. The molecule has 0 aliphatic heterocycles. The molecule has 0 aromatic heterocycles. The number of fused-ring (bicyclic) bond motifs is 2. The Morgan fingerprint density at radius 1 is 1.43 bits per heavy atom. The van der Waals surface area contributed by atoms with Crippen molar-refractivity contribution >= 4 is 0 Å². The molecule has 2 heteroatoms. The minimum Gasteiger partial charge on any atom is -0.393 e. The van der Waals surface area contributed by atoms with Crippen LogP contribution in [-0.4, -0.2) is 24.3 Å². The Kier molecular flexibility index (Phi) is 3.24. The molecule has 4 atom stereocenters. The number of aliphatic hydroxyl groups excluding tert-OH is 1. The number of rotatable bonds is 5. The zero-order valence-corrected chi connectivity index (χ0v) is 8.95. The number of aliphatic hydroxyl groups is 1. The maximum absolute atomic E-state index is 9.10. The zero-order valence-electron chi connectivity index (χ0n) is 8.95. The van der Waals surface area contributed by atoms with Crippen LogP contribution in [0.2, 0.25) is 0 Å². The van der Waals surface area contributed by atoms with Gasteiger partial charge >= 0.3 is 0 Å². The van der Waals surface area contributed by atoms with E-state index in [-0.39, 0.29) is 6.10 Å². The predicted molar refractivity (Wildman–Crippen MR) is 58.0 cm³/mol. The van der Waals surface area contributed by atoms with E-state index in [0.29, 0.717) is 0 Å². The van der Waals surface area contributed by atoms with Gasteiger partial charge in [0.25, 0.3) is 0 Å². The van der Waals surface area contributed by atoms with E-state index in [1.54, 1.807) is 0 Å². The summed E-state index contributed by atoms with van der Waals surface area (Å²) in [7, 11) is 0. The Hall–Kier alpha value is -0.340. The summed E-state index contributed by atoms with van der Waals surface area (Å²) in [5, 5.41) is 12.5. The number of hydrogen-bond donors (Lipinski definition) is 2. The van der Waals surface area contributed by atoms with Gasteiger partial charge in [0.2, 0.25) is 0 Å². The largest absolute Gasteiger partial charge is 0.393 e.